The van der Waals surface area contributed by atoms with Crippen LogP contribution in [0.4, 0.5) is 13.2 Å². The zero-order valence-corrected chi connectivity index (χ0v) is 18.5. The first kappa shape index (κ1) is 22.6. The number of ketones is 1. The molecule has 2 heterocycles. The Kier molecular flexibility index (Phi) is 5.55. The van der Waals surface area contributed by atoms with E-state index in [0.29, 0.717) is 40.0 Å². The summed E-state index contributed by atoms with van der Waals surface area (Å²) >= 11 is 0. The lowest BCUT2D eigenvalue weighted by Gasteiger charge is -2.24. The Labute approximate surface area is 197 Å². The van der Waals surface area contributed by atoms with Gasteiger partial charge in [-0.25, -0.2) is 0 Å². The molecule has 1 atom stereocenters. The maximum Gasteiger partial charge on any atom is 0.573 e. The number of Topliss-reactive ketones (excluding diaryl/α,β-unsaturated/α-hetero) is 1. The number of carbonyl (C=O) groups is 1. The molecule has 2 aromatic carbocycles. The van der Waals surface area contributed by atoms with Crippen LogP contribution in [0.1, 0.15) is 34.0 Å². The molecular weight excluding hydrogens is 461 g/mol. The number of ether oxygens (including phenoxy) is 2. The van der Waals surface area contributed by atoms with E-state index in [1.54, 1.807) is 37.6 Å². The number of rotatable bonds is 4. The average Bonchev–Trinajstić information content (AvgIpc) is 2.83. The lowest BCUT2D eigenvalue weighted by atomic mass is 9.81. The number of nitrogens with one attached hydrogen (secondary N) is 1. The first-order valence-electron chi connectivity index (χ1n) is 10.8. The Balaban J connectivity index is 1.40. The van der Waals surface area contributed by atoms with Gasteiger partial charge in [0.15, 0.2) is 11.2 Å². The molecule has 6 nitrogen and oxygen atoms in total. The van der Waals surface area contributed by atoms with Crippen LogP contribution in [-0.4, -0.2) is 29.2 Å². The van der Waals surface area contributed by atoms with E-state index < -0.39 is 6.36 Å². The van der Waals surface area contributed by atoms with Gasteiger partial charge in [0, 0.05) is 35.3 Å². The van der Waals surface area contributed by atoms with Crippen molar-refractivity contribution in [1.82, 2.24) is 9.97 Å². The summed E-state index contributed by atoms with van der Waals surface area (Å²) in [6.45, 7) is 0. The van der Waals surface area contributed by atoms with E-state index in [4.69, 9.17) is 4.74 Å². The van der Waals surface area contributed by atoms with Gasteiger partial charge in [-0.15, -0.1) is 13.2 Å². The first-order chi connectivity index (χ1) is 16.7. The zero-order chi connectivity index (χ0) is 24.7. The van der Waals surface area contributed by atoms with Crippen LogP contribution in [0.5, 0.6) is 11.5 Å². The van der Waals surface area contributed by atoms with E-state index in [-0.39, 0.29) is 34.9 Å². The lowest BCUT2D eigenvalue weighted by molar-refractivity contribution is -0.274. The molecule has 5 rings (SSSR count). The summed E-state index contributed by atoms with van der Waals surface area (Å²) in [6.07, 6.45) is -2.45. The molecule has 2 aromatic heterocycles. The fourth-order valence-corrected chi connectivity index (χ4v) is 4.42. The van der Waals surface area contributed by atoms with Crippen molar-refractivity contribution in [3.05, 3.63) is 87.8 Å². The number of aromatic nitrogens is 2. The maximum absolute atomic E-state index is 13.0. The van der Waals surface area contributed by atoms with Crippen molar-refractivity contribution < 1.29 is 27.4 Å². The molecule has 35 heavy (non-hydrogen) atoms. The number of halogens is 3. The van der Waals surface area contributed by atoms with Crippen LogP contribution in [0.15, 0.2) is 65.6 Å². The highest BCUT2D eigenvalue weighted by atomic mass is 19.4. The van der Waals surface area contributed by atoms with Crippen molar-refractivity contribution in [2.24, 2.45) is 0 Å². The number of fused-ring (bicyclic) bond motifs is 2. The van der Waals surface area contributed by atoms with E-state index in [1.165, 1.54) is 24.3 Å². The minimum absolute atomic E-state index is 0.169. The van der Waals surface area contributed by atoms with E-state index in [1.807, 2.05) is 6.07 Å². The van der Waals surface area contributed by atoms with Gasteiger partial charge in [-0.05, 0) is 60.4 Å². The van der Waals surface area contributed by atoms with Gasteiger partial charge in [-0.3, -0.25) is 14.6 Å². The fraction of sp³-hybridized carbons (Fsp3) is 0.192. The summed E-state index contributed by atoms with van der Waals surface area (Å²) in [5, 5.41) is 0.439. The Morgan fingerprint density at radius 1 is 0.971 bits per heavy atom. The summed E-state index contributed by atoms with van der Waals surface area (Å²) in [5.74, 6) is -0.0988. The number of nitrogens with zero attached hydrogens (tertiary/aromatic N) is 1. The molecule has 9 heteroatoms. The monoisotopic (exact) mass is 480 g/mol. The van der Waals surface area contributed by atoms with Gasteiger partial charge in [0.1, 0.15) is 11.5 Å². The predicted molar refractivity (Wildman–Crippen MR) is 123 cm³/mol. The van der Waals surface area contributed by atoms with Crippen molar-refractivity contribution in [2.45, 2.75) is 25.1 Å². The third kappa shape index (κ3) is 4.49. The molecule has 0 radical (unpaired) electrons. The van der Waals surface area contributed by atoms with Gasteiger partial charge < -0.3 is 14.5 Å². The van der Waals surface area contributed by atoms with Crippen LogP contribution in [0, 0.1) is 0 Å². The Hall–Kier alpha value is -4.14. The van der Waals surface area contributed by atoms with E-state index in [0.717, 1.165) is 5.56 Å². The number of aromatic amines is 1. The van der Waals surface area contributed by atoms with Crippen molar-refractivity contribution in [1.29, 1.82) is 0 Å². The second-order valence-electron chi connectivity index (χ2n) is 8.30. The van der Waals surface area contributed by atoms with Gasteiger partial charge in [-0.1, -0.05) is 6.07 Å². The minimum Gasteiger partial charge on any atom is -0.497 e. The van der Waals surface area contributed by atoms with Gasteiger partial charge >= 0.3 is 6.36 Å². The van der Waals surface area contributed by atoms with Crippen LogP contribution in [-0.2, 0) is 6.42 Å². The normalized spacial score (nSPS) is 15.7. The van der Waals surface area contributed by atoms with Crippen LogP contribution in [0.2, 0.25) is 0 Å². The molecule has 4 aromatic rings. The molecule has 1 unspecified atom stereocenters. The highest BCUT2D eigenvalue weighted by Crippen LogP contribution is 2.33. The second kappa shape index (κ2) is 8.57. The van der Waals surface area contributed by atoms with Crippen molar-refractivity contribution in [3.63, 3.8) is 0 Å². The quantitative estimate of drug-likeness (QED) is 0.423. The molecule has 0 saturated heterocycles. The maximum atomic E-state index is 13.0. The van der Waals surface area contributed by atoms with E-state index in [2.05, 4.69) is 14.7 Å². The standard InChI is InChI=1S/C26H19F3N2O4/c1-34-18-7-8-19-21(12-18)31-22-10-16(11-23(32)24(22)25(19)33)15-4-9-20(30-13-15)14-2-5-17(6-3-14)35-26(27,28)29/h2-9,12-13,16H,10-11H2,1H3,(H,31,33). The van der Waals surface area contributed by atoms with Gasteiger partial charge in [0.2, 0.25) is 0 Å². The van der Waals surface area contributed by atoms with Crippen LogP contribution in [0.25, 0.3) is 22.2 Å². The number of carbonyl (C=O) groups excluding carboxylic acids is 1. The molecule has 1 aliphatic rings. The Morgan fingerprint density at radius 3 is 2.37 bits per heavy atom. The minimum atomic E-state index is -4.75. The van der Waals surface area contributed by atoms with Gasteiger partial charge in [0.05, 0.1) is 23.9 Å². The molecule has 0 fully saturated rings. The van der Waals surface area contributed by atoms with E-state index in [9.17, 15) is 22.8 Å². The number of hydrogen-bond donors (Lipinski definition) is 1. The van der Waals surface area contributed by atoms with E-state index >= 15 is 0 Å². The number of benzene rings is 2. The third-order valence-corrected chi connectivity index (χ3v) is 6.09. The van der Waals surface area contributed by atoms with Crippen molar-refractivity contribution in [3.8, 4) is 22.8 Å². The van der Waals surface area contributed by atoms with Crippen LogP contribution < -0.4 is 14.9 Å². The Bertz CT molecular complexity index is 1480. The summed E-state index contributed by atoms with van der Waals surface area (Å²) < 4.78 is 46.2. The topological polar surface area (TPSA) is 81.3 Å². The molecule has 0 spiro atoms. The number of H-pyrrole nitrogens is 1. The van der Waals surface area contributed by atoms with Crippen LogP contribution >= 0.6 is 0 Å². The molecule has 0 amide bonds. The largest absolute Gasteiger partial charge is 0.573 e. The zero-order valence-electron chi connectivity index (χ0n) is 18.5. The molecular formula is C26H19F3N2O4. The molecule has 0 aliphatic heterocycles. The SMILES string of the molecule is COc1ccc2c(=O)c3c([nH]c2c1)CC(c1ccc(-c2ccc(OC(F)(F)F)cc2)nc1)CC3=O. The molecule has 0 bridgehead atoms. The highest BCUT2D eigenvalue weighted by molar-refractivity contribution is 6.01. The number of methoxy groups -OCH3 is 1. The first-order valence-corrected chi connectivity index (χ1v) is 10.8. The number of alkyl halides is 3. The third-order valence-electron chi connectivity index (χ3n) is 6.09. The average molecular weight is 480 g/mol. The number of hydrogen-bond acceptors (Lipinski definition) is 5. The molecule has 178 valence electrons. The summed E-state index contributed by atoms with van der Waals surface area (Å²) in [5.41, 5.74) is 3.13. The Morgan fingerprint density at radius 2 is 1.71 bits per heavy atom. The smallest absolute Gasteiger partial charge is 0.497 e. The van der Waals surface area contributed by atoms with Crippen molar-refractivity contribution >= 4 is 16.7 Å². The highest BCUT2D eigenvalue weighted by Gasteiger charge is 2.31. The van der Waals surface area contributed by atoms with Gasteiger partial charge in [0.25, 0.3) is 0 Å². The predicted octanol–water partition coefficient (Wildman–Crippen LogP) is 5.41. The fourth-order valence-electron chi connectivity index (χ4n) is 4.42. The lowest BCUT2D eigenvalue weighted by Crippen LogP contribution is -2.27. The number of pyridine rings is 2. The second-order valence-corrected chi connectivity index (χ2v) is 8.30. The summed E-state index contributed by atoms with van der Waals surface area (Å²) in [7, 11) is 1.54. The summed E-state index contributed by atoms with van der Waals surface area (Å²) in [4.78, 5) is 33.6. The van der Waals surface area contributed by atoms with Gasteiger partial charge in [-0.2, -0.15) is 0 Å². The molecule has 1 aliphatic carbocycles. The van der Waals surface area contributed by atoms with Crippen LogP contribution in [0.3, 0.4) is 0 Å². The molecule has 1 N–H and O–H groups in total. The molecule has 0 saturated carbocycles. The van der Waals surface area contributed by atoms with Crippen molar-refractivity contribution in [2.75, 3.05) is 7.11 Å². The summed E-state index contributed by atoms with van der Waals surface area (Å²) in [6, 6.07) is 14.1.